The Balaban J connectivity index is 1.52. The summed E-state index contributed by atoms with van der Waals surface area (Å²) < 4.78 is 10.8. The highest BCUT2D eigenvalue weighted by molar-refractivity contribution is 5.49. The van der Waals surface area contributed by atoms with Crippen molar-refractivity contribution in [2.24, 2.45) is 0 Å². The summed E-state index contributed by atoms with van der Waals surface area (Å²) in [6.07, 6.45) is 1.84. The van der Waals surface area contributed by atoms with Gasteiger partial charge in [0, 0.05) is 38.1 Å². The number of ether oxygens (including phenoxy) is 2. The van der Waals surface area contributed by atoms with Crippen LogP contribution >= 0.6 is 0 Å². The van der Waals surface area contributed by atoms with Crippen LogP contribution in [-0.2, 0) is 17.8 Å². The minimum Gasteiger partial charge on any atom is -0.497 e. The standard InChI is InChI=1S/C24H27N3O2/c1-28-23-6-4-5-21(17-23)19-27(24-7-2-3-12-25-24)18-20-8-10-22(11-9-20)26-13-15-29-16-14-26/h2-12,17H,13-16,18-19H2,1H3. The van der Waals surface area contributed by atoms with E-state index < -0.39 is 0 Å². The highest BCUT2D eigenvalue weighted by atomic mass is 16.5. The molecule has 2 aromatic carbocycles. The Kier molecular flexibility index (Phi) is 6.27. The van der Waals surface area contributed by atoms with Gasteiger partial charge in [-0.3, -0.25) is 0 Å². The van der Waals surface area contributed by atoms with E-state index in [4.69, 9.17) is 9.47 Å². The normalized spacial score (nSPS) is 13.9. The van der Waals surface area contributed by atoms with Crippen LogP contribution in [0.25, 0.3) is 0 Å². The molecule has 0 bridgehead atoms. The zero-order valence-electron chi connectivity index (χ0n) is 16.8. The monoisotopic (exact) mass is 389 g/mol. The third-order valence-corrected chi connectivity index (χ3v) is 5.17. The number of rotatable bonds is 7. The fourth-order valence-electron chi connectivity index (χ4n) is 3.60. The van der Waals surface area contributed by atoms with Crippen molar-refractivity contribution in [3.05, 3.63) is 84.1 Å². The molecular weight excluding hydrogens is 362 g/mol. The average molecular weight is 389 g/mol. The SMILES string of the molecule is COc1cccc(CN(Cc2ccc(N3CCOCC3)cc2)c2ccccn2)c1. The van der Waals surface area contributed by atoms with Crippen LogP contribution in [0, 0.1) is 0 Å². The lowest BCUT2D eigenvalue weighted by Crippen LogP contribution is -2.36. The van der Waals surface area contributed by atoms with E-state index in [1.807, 2.05) is 30.5 Å². The van der Waals surface area contributed by atoms with Gasteiger partial charge in [-0.15, -0.1) is 0 Å². The smallest absolute Gasteiger partial charge is 0.129 e. The number of hydrogen-bond acceptors (Lipinski definition) is 5. The van der Waals surface area contributed by atoms with Crippen molar-refractivity contribution < 1.29 is 9.47 Å². The molecule has 1 saturated heterocycles. The van der Waals surface area contributed by atoms with E-state index in [-0.39, 0.29) is 0 Å². The first kappa shape index (κ1) is 19.3. The summed E-state index contributed by atoms with van der Waals surface area (Å²) in [7, 11) is 1.70. The van der Waals surface area contributed by atoms with Crippen molar-refractivity contribution in [3.63, 3.8) is 0 Å². The molecule has 29 heavy (non-hydrogen) atoms. The second kappa shape index (κ2) is 9.43. The lowest BCUT2D eigenvalue weighted by Gasteiger charge is -2.29. The summed E-state index contributed by atoms with van der Waals surface area (Å²) in [4.78, 5) is 9.24. The van der Waals surface area contributed by atoms with Crippen LogP contribution in [-0.4, -0.2) is 38.4 Å². The van der Waals surface area contributed by atoms with Crippen LogP contribution in [0.3, 0.4) is 0 Å². The Hall–Kier alpha value is -3.05. The van der Waals surface area contributed by atoms with E-state index >= 15 is 0 Å². The van der Waals surface area contributed by atoms with Gasteiger partial charge >= 0.3 is 0 Å². The maximum Gasteiger partial charge on any atom is 0.129 e. The fraction of sp³-hybridized carbons (Fsp3) is 0.292. The van der Waals surface area contributed by atoms with Crippen LogP contribution in [0.1, 0.15) is 11.1 Å². The van der Waals surface area contributed by atoms with Crippen molar-refractivity contribution in [2.45, 2.75) is 13.1 Å². The fourth-order valence-corrected chi connectivity index (χ4v) is 3.60. The third kappa shape index (κ3) is 5.06. The van der Waals surface area contributed by atoms with Crippen molar-refractivity contribution in [3.8, 4) is 5.75 Å². The van der Waals surface area contributed by atoms with Gasteiger partial charge in [0.2, 0.25) is 0 Å². The van der Waals surface area contributed by atoms with Gasteiger partial charge in [-0.05, 0) is 47.5 Å². The maximum absolute atomic E-state index is 5.46. The van der Waals surface area contributed by atoms with E-state index in [9.17, 15) is 0 Å². The molecule has 150 valence electrons. The largest absolute Gasteiger partial charge is 0.497 e. The summed E-state index contributed by atoms with van der Waals surface area (Å²) in [6.45, 7) is 5.06. The zero-order chi connectivity index (χ0) is 19.9. The van der Waals surface area contributed by atoms with E-state index in [1.54, 1.807) is 7.11 Å². The highest BCUT2D eigenvalue weighted by Gasteiger charge is 2.13. The summed E-state index contributed by atoms with van der Waals surface area (Å²) in [6, 6.07) is 23.1. The Labute approximate surface area is 172 Å². The Morgan fingerprint density at radius 2 is 1.72 bits per heavy atom. The Morgan fingerprint density at radius 3 is 2.45 bits per heavy atom. The highest BCUT2D eigenvalue weighted by Crippen LogP contribution is 2.22. The molecule has 0 atom stereocenters. The van der Waals surface area contributed by atoms with Crippen molar-refractivity contribution >= 4 is 11.5 Å². The number of benzene rings is 2. The van der Waals surface area contributed by atoms with Gasteiger partial charge in [0.05, 0.1) is 20.3 Å². The van der Waals surface area contributed by atoms with Crippen molar-refractivity contribution in [1.29, 1.82) is 0 Å². The molecule has 2 heterocycles. The molecular formula is C24H27N3O2. The quantitative estimate of drug-likeness (QED) is 0.607. The second-order valence-corrected chi connectivity index (χ2v) is 7.16. The van der Waals surface area contributed by atoms with Gasteiger partial charge in [0.25, 0.3) is 0 Å². The molecule has 0 amide bonds. The summed E-state index contributed by atoms with van der Waals surface area (Å²) >= 11 is 0. The third-order valence-electron chi connectivity index (χ3n) is 5.17. The molecule has 0 radical (unpaired) electrons. The van der Waals surface area contributed by atoms with E-state index in [1.165, 1.54) is 16.8 Å². The summed E-state index contributed by atoms with van der Waals surface area (Å²) in [5.41, 5.74) is 3.71. The van der Waals surface area contributed by atoms with Gasteiger partial charge in [-0.25, -0.2) is 4.98 Å². The number of anilines is 2. The van der Waals surface area contributed by atoms with Crippen LogP contribution in [0.15, 0.2) is 72.9 Å². The molecule has 1 aliphatic rings. The number of nitrogens with zero attached hydrogens (tertiary/aromatic N) is 3. The minimum absolute atomic E-state index is 0.763. The van der Waals surface area contributed by atoms with E-state index in [0.717, 1.165) is 51.0 Å². The van der Waals surface area contributed by atoms with Gasteiger partial charge in [-0.1, -0.05) is 30.3 Å². The molecule has 4 rings (SSSR count). The zero-order valence-corrected chi connectivity index (χ0v) is 16.8. The average Bonchev–Trinajstić information content (AvgIpc) is 2.80. The van der Waals surface area contributed by atoms with E-state index in [0.29, 0.717) is 0 Å². The van der Waals surface area contributed by atoms with Gasteiger partial charge in [0.15, 0.2) is 0 Å². The van der Waals surface area contributed by atoms with Gasteiger partial charge in [-0.2, -0.15) is 0 Å². The van der Waals surface area contributed by atoms with Crippen molar-refractivity contribution in [2.75, 3.05) is 43.2 Å². The molecule has 0 N–H and O–H groups in total. The topological polar surface area (TPSA) is 37.8 Å². The number of aromatic nitrogens is 1. The summed E-state index contributed by atoms with van der Waals surface area (Å²) in [5, 5.41) is 0. The van der Waals surface area contributed by atoms with Gasteiger partial charge in [0.1, 0.15) is 11.6 Å². The Bertz CT molecular complexity index is 894. The first-order valence-corrected chi connectivity index (χ1v) is 10.0. The van der Waals surface area contributed by atoms with Gasteiger partial charge < -0.3 is 19.3 Å². The number of hydrogen-bond donors (Lipinski definition) is 0. The lowest BCUT2D eigenvalue weighted by atomic mass is 10.1. The Morgan fingerprint density at radius 1 is 0.931 bits per heavy atom. The molecule has 0 saturated carbocycles. The minimum atomic E-state index is 0.763. The van der Waals surface area contributed by atoms with Crippen molar-refractivity contribution in [1.82, 2.24) is 4.98 Å². The maximum atomic E-state index is 5.46. The lowest BCUT2D eigenvalue weighted by molar-refractivity contribution is 0.122. The van der Waals surface area contributed by atoms with E-state index in [2.05, 4.69) is 57.2 Å². The molecule has 3 aromatic rings. The molecule has 0 spiro atoms. The first-order chi connectivity index (χ1) is 14.3. The van der Waals surface area contributed by atoms with Crippen LogP contribution < -0.4 is 14.5 Å². The molecule has 1 aliphatic heterocycles. The van der Waals surface area contributed by atoms with Crippen LogP contribution in [0.5, 0.6) is 5.75 Å². The predicted octanol–water partition coefficient (Wildman–Crippen LogP) is 4.13. The predicted molar refractivity (Wildman–Crippen MR) is 117 cm³/mol. The molecule has 0 unspecified atom stereocenters. The van der Waals surface area contributed by atoms with Crippen LogP contribution in [0.4, 0.5) is 11.5 Å². The number of methoxy groups -OCH3 is 1. The number of morpholine rings is 1. The second-order valence-electron chi connectivity index (χ2n) is 7.16. The molecule has 1 fully saturated rings. The molecule has 5 heteroatoms. The first-order valence-electron chi connectivity index (χ1n) is 10.0. The molecule has 1 aromatic heterocycles. The molecule has 5 nitrogen and oxygen atoms in total. The summed E-state index contributed by atoms with van der Waals surface area (Å²) in [5.74, 6) is 1.84. The molecule has 0 aliphatic carbocycles. The number of pyridine rings is 1. The van der Waals surface area contributed by atoms with Crippen LogP contribution in [0.2, 0.25) is 0 Å².